The number of imidazole rings is 1. The molecule has 40 heavy (non-hydrogen) atoms. The standard InChI is InChI=1S/C30H31ClN6O3/c1-38-23-15-13-22(14-16-23)30(20-9-5-3-6-10-20,21-11-7-4-8-12-21)40-18-25(39-2)24(32)17-37-19-34-26-27(33)35-29(31)36-28(26)37/h3-16,19,24-25H,17-18,32H2,1-2H3,(H2,33,35,36). The number of rotatable bonds is 11. The van der Waals surface area contributed by atoms with Gasteiger partial charge in [0.15, 0.2) is 11.5 Å². The molecule has 0 amide bonds. The molecule has 5 rings (SSSR count). The molecule has 2 atom stereocenters. The number of halogens is 1. The van der Waals surface area contributed by atoms with Gasteiger partial charge in [-0.1, -0.05) is 72.8 Å². The Morgan fingerprint density at radius 1 is 0.875 bits per heavy atom. The molecule has 0 saturated carbocycles. The highest BCUT2D eigenvalue weighted by Gasteiger charge is 2.39. The first-order valence-corrected chi connectivity index (χ1v) is 13.2. The fourth-order valence-electron chi connectivity index (χ4n) is 4.91. The van der Waals surface area contributed by atoms with Gasteiger partial charge in [0, 0.05) is 13.7 Å². The molecule has 0 saturated heterocycles. The fourth-order valence-corrected chi connectivity index (χ4v) is 5.08. The highest BCUT2D eigenvalue weighted by Crippen LogP contribution is 2.41. The number of fused-ring (bicyclic) bond motifs is 1. The number of methoxy groups -OCH3 is 2. The van der Waals surface area contributed by atoms with Crippen molar-refractivity contribution < 1.29 is 14.2 Å². The van der Waals surface area contributed by atoms with Crippen LogP contribution in [0.3, 0.4) is 0 Å². The molecule has 2 unspecified atom stereocenters. The first-order valence-electron chi connectivity index (χ1n) is 12.8. The topological polar surface area (TPSA) is 123 Å². The number of benzene rings is 3. The molecular formula is C30H31ClN6O3. The minimum absolute atomic E-state index is 0.0435. The Balaban J connectivity index is 1.50. The Hall–Kier alpha value is -4.02. The molecule has 0 radical (unpaired) electrons. The van der Waals surface area contributed by atoms with Crippen LogP contribution in [0.25, 0.3) is 11.2 Å². The molecule has 3 aromatic carbocycles. The van der Waals surface area contributed by atoms with Gasteiger partial charge in [0.05, 0.1) is 32.2 Å². The average molecular weight is 559 g/mol. The van der Waals surface area contributed by atoms with Gasteiger partial charge in [0.1, 0.15) is 16.9 Å². The van der Waals surface area contributed by atoms with E-state index in [1.54, 1.807) is 25.1 Å². The summed E-state index contributed by atoms with van der Waals surface area (Å²) in [5.41, 5.74) is 15.6. The minimum Gasteiger partial charge on any atom is -0.497 e. The zero-order valence-corrected chi connectivity index (χ0v) is 23.0. The van der Waals surface area contributed by atoms with Crippen molar-refractivity contribution in [1.29, 1.82) is 0 Å². The van der Waals surface area contributed by atoms with Gasteiger partial charge in [0.2, 0.25) is 5.28 Å². The predicted molar refractivity (Wildman–Crippen MR) is 155 cm³/mol. The highest BCUT2D eigenvalue weighted by atomic mass is 35.5. The number of nitrogen functional groups attached to an aromatic ring is 1. The molecule has 206 valence electrons. The van der Waals surface area contributed by atoms with E-state index in [-0.39, 0.29) is 17.7 Å². The van der Waals surface area contributed by atoms with Gasteiger partial charge in [-0.2, -0.15) is 9.97 Å². The smallest absolute Gasteiger partial charge is 0.226 e. The number of nitrogens with zero attached hydrogens (tertiary/aromatic N) is 4. The summed E-state index contributed by atoms with van der Waals surface area (Å²) in [6.45, 7) is 0.537. The zero-order valence-electron chi connectivity index (χ0n) is 22.3. The maximum Gasteiger partial charge on any atom is 0.226 e. The second-order valence-electron chi connectivity index (χ2n) is 9.34. The first kappa shape index (κ1) is 27.5. The van der Waals surface area contributed by atoms with Crippen LogP contribution in [0.15, 0.2) is 91.3 Å². The van der Waals surface area contributed by atoms with Crippen molar-refractivity contribution in [2.45, 2.75) is 24.3 Å². The van der Waals surface area contributed by atoms with Crippen LogP contribution in [0, 0.1) is 0 Å². The molecule has 5 aromatic rings. The number of nitrogens with two attached hydrogens (primary N) is 2. The Kier molecular flexibility index (Phi) is 8.27. The van der Waals surface area contributed by atoms with Crippen molar-refractivity contribution >= 4 is 28.6 Å². The van der Waals surface area contributed by atoms with E-state index in [1.807, 2.05) is 60.7 Å². The molecule has 0 bridgehead atoms. The van der Waals surface area contributed by atoms with Crippen LogP contribution < -0.4 is 16.2 Å². The van der Waals surface area contributed by atoms with Crippen LogP contribution in [-0.4, -0.2) is 52.5 Å². The Morgan fingerprint density at radius 2 is 1.48 bits per heavy atom. The molecule has 9 nitrogen and oxygen atoms in total. The quantitative estimate of drug-likeness (QED) is 0.180. The molecule has 0 spiro atoms. The van der Waals surface area contributed by atoms with Crippen molar-refractivity contribution in [2.75, 3.05) is 26.6 Å². The number of hydrogen-bond donors (Lipinski definition) is 2. The highest BCUT2D eigenvalue weighted by molar-refractivity contribution is 6.28. The summed E-state index contributed by atoms with van der Waals surface area (Å²) in [7, 11) is 3.27. The summed E-state index contributed by atoms with van der Waals surface area (Å²) >= 11 is 6.05. The molecule has 4 N–H and O–H groups in total. The molecule has 2 heterocycles. The molecular weight excluding hydrogens is 528 g/mol. The maximum absolute atomic E-state index is 6.94. The molecule has 0 fully saturated rings. The monoisotopic (exact) mass is 558 g/mol. The largest absolute Gasteiger partial charge is 0.497 e. The Bertz CT molecular complexity index is 1510. The first-order chi connectivity index (χ1) is 19.5. The Labute approximate surface area is 237 Å². The van der Waals surface area contributed by atoms with Crippen molar-refractivity contribution in [3.63, 3.8) is 0 Å². The van der Waals surface area contributed by atoms with Gasteiger partial charge in [0.25, 0.3) is 0 Å². The third-order valence-electron chi connectivity index (χ3n) is 6.97. The van der Waals surface area contributed by atoms with Crippen LogP contribution in [0.4, 0.5) is 5.82 Å². The number of hydrogen-bond acceptors (Lipinski definition) is 8. The van der Waals surface area contributed by atoms with E-state index >= 15 is 0 Å². The average Bonchev–Trinajstić information content (AvgIpc) is 3.39. The maximum atomic E-state index is 6.94. The van der Waals surface area contributed by atoms with Gasteiger partial charge in [-0.05, 0) is 40.4 Å². The lowest BCUT2D eigenvalue weighted by atomic mass is 9.80. The summed E-state index contributed by atoms with van der Waals surface area (Å²) in [6.07, 6.45) is 1.15. The van der Waals surface area contributed by atoms with Crippen LogP contribution >= 0.6 is 11.6 Å². The lowest BCUT2D eigenvalue weighted by molar-refractivity contribution is -0.0605. The third kappa shape index (κ3) is 5.37. The third-order valence-corrected chi connectivity index (χ3v) is 7.14. The van der Waals surface area contributed by atoms with Gasteiger partial charge in [-0.25, -0.2) is 4.98 Å². The summed E-state index contributed by atoms with van der Waals surface area (Å²) in [5, 5.41) is 0.0435. The summed E-state index contributed by atoms with van der Waals surface area (Å²) < 4.78 is 20.0. The van der Waals surface area contributed by atoms with Crippen LogP contribution in [0.2, 0.25) is 5.28 Å². The lowest BCUT2D eigenvalue weighted by Crippen LogP contribution is -2.45. The Morgan fingerprint density at radius 3 is 2.05 bits per heavy atom. The van der Waals surface area contributed by atoms with Crippen LogP contribution in [-0.2, 0) is 21.6 Å². The van der Waals surface area contributed by atoms with E-state index < -0.39 is 17.7 Å². The summed E-state index contributed by atoms with van der Waals surface area (Å²) in [4.78, 5) is 12.6. The second kappa shape index (κ2) is 12.0. The number of aromatic nitrogens is 4. The van der Waals surface area contributed by atoms with Gasteiger partial charge < -0.3 is 30.2 Å². The van der Waals surface area contributed by atoms with E-state index in [4.69, 9.17) is 37.3 Å². The number of anilines is 1. The van der Waals surface area contributed by atoms with Crippen molar-refractivity contribution in [3.05, 3.63) is 113 Å². The van der Waals surface area contributed by atoms with E-state index in [9.17, 15) is 0 Å². The molecule has 10 heteroatoms. The zero-order chi connectivity index (χ0) is 28.1. The van der Waals surface area contributed by atoms with E-state index in [2.05, 4.69) is 39.2 Å². The fraction of sp³-hybridized carbons (Fsp3) is 0.233. The summed E-state index contributed by atoms with van der Waals surface area (Å²) in [6, 6.07) is 27.6. The van der Waals surface area contributed by atoms with E-state index in [1.165, 1.54) is 0 Å². The molecule has 0 aliphatic carbocycles. The van der Waals surface area contributed by atoms with Crippen molar-refractivity contribution in [3.8, 4) is 5.75 Å². The SMILES string of the molecule is COc1ccc(C(OCC(OC)C(N)Cn2cnc3c(N)nc(Cl)nc32)(c2ccccc2)c2ccccc2)cc1. The van der Waals surface area contributed by atoms with Crippen LogP contribution in [0.1, 0.15) is 16.7 Å². The van der Waals surface area contributed by atoms with Gasteiger partial charge >= 0.3 is 0 Å². The van der Waals surface area contributed by atoms with Crippen molar-refractivity contribution in [1.82, 2.24) is 19.5 Å². The summed E-state index contributed by atoms with van der Waals surface area (Å²) in [5.74, 6) is 0.969. The van der Waals surface area contributed by atoms with E-state index in [0.29, 0.717) is 17.7 Å². The lowest BCUT2D eigenvalue weighted by Gasteiger charge is -2.37. The second-order valence-corrected chi connectivity index (χ2v) is 9.68. The molecule has 0 aliphatic rings. The molecule has 2 aromatic heterocycles. The van der Waals surface area contributed by atoms with Gasteiger partial charge in [-0.3, -0.25) is 0 Å². The predicted octanol–water partition coefficient (Wildman–Crippen LogP) is 4.42. The van der Waals surface area contributed by atoms with Crippen LogP contribution in [0.5, 0.6) is 5.75 Å². The minimum atomic E-state index is -0.942. The number of ether oxygens (including phenoxy) is 3. The van der Waals surface area contributed by atoms with Gasteiger partial charge in [-0.15, -0.1) is 0 Å². The molecule has 0 aliphatic heterocycles. The van der Waals surface area contributed by atoms with E-state index in [0.717, 1.165) is 22.4 Å². The normalized spacial score (nSPS) is 13.3. The van der Waals surface area contributed by atoms with Crippen molar-refractivity contribution in [2.24, 2.45) is 5.73 Å².